The number of carbonyl (C=O) groups is 2. The van der Waals surface area contributed by atoms with Gasteiger partial charge in [0, 0.05) is 13.0 Å². The van der Waals surface area contributed by atoms with Crippen molar-refractivity contribution in [2.24, 2.45) is 5.73 Å². The van der Waals surface area contributed by atoms with Gasteiger partial charge in [0.1, 0.15) is 6.04 Å². The molecule has 0 aromatic carbocycles. The third kappa shape index (κ3) is 17.0. The standard InChI is InChI=1S/C23H47N3O2/c1-3-5-7-9-10-11-12-13-14-18-22(27)26-21(17-16-19-24)23(28)25-20-15-8-6-4-2/h21H,3-20,24H2,1-2H3,(H,25,28)(H,26,27). The normalized spacial score (nSPS) is 12.0. The van der Waals surface area contributed by atoms with Gasteiger partial charge in [0.05, 0.1) is 0 Å². The quantitative estimate of drug-likeness (QED) is 0.257. The predicted octanol–water partition coefficient (Wildman–Crippen LogP) is 4.83. The summed E-state index contributed by atoms with van der Waals surface area (Å²) in [5.74, 6) is -0.0727. The van der Waals surface area contributed by atoms with Gasteiger partial charge >= 0.3 is 0 Å². The molecule has 0 aliphatic heterocycles. The molecule has 1 unspecified atom stereocenters. The lowest BCUT2D eigenvalue weighted by Crippen LogP contribution is -2.47. The summed E-state index contributed by atoms with van der Waals surface area (Å²) >= 11 is 0. The van der Waals surface area contributed by atoms with Crippen molar-refractivity contribution in [1.82, 2.24) is 10.6 Å². The van der Waals surface area contributed by atoms with Crippen molar-refractivity contribution in [2.75, 3.05) is 13.1 Å². The molecule has 0 saturated heterocycles. The maximum atomic E-state index is 12.4. The lowest BCUT2D eigenvalue weighted by molar-refractivity contribution is -0.129. The van der Waals surface area contributed by atoms with Gasteiger partial charge in [-0.15, -0.1) is 0 Å². The van der Waals surface area contributed by atoms with Gasteiger partial charge < -0.3 is 16.4 Å². The number of hydrogen-bond donors (Lipinski definition) is 3. The smallest absolute Gasteiger partial charge is 0.242 e. The molecule has 5 nitrogen and oxygen atoms in total. The first-order valence-electron chi connectivity index (χ1n) is 11.9. The first-order valence-corrected chi connectivity index (χ1v) is 11.9. The molecule has 0 spiro atoms. The van der Waals surface area contributed by atoms with Gasteiger partial charge in [-0.1, -0.05) is 84.5 Å². The van der Waals surface area contributed by atoms with Gasteiger partial charge in [0.2, 0.25) is 11.8 Å². The average Bonchev–Trinajstić information content (AvgIpc) is 2.69. The zero-order valence-electron chi connectivity index (χ0n) is 18.7. The highest BCUT2D eigenvalue weighted by Gasteiger charge is 2.19. The molecule has 0 bridgehead atoms. The Balaban J connectivity index is 3.93. The van der Waals surface area contributed by atoms with Gasteiger partial charge in [-0.25, -0.2) is 0 Å². The third-order valence-electron chi connectivity index (χ3n) is 5.19. The largest absolute Gasteiger partial charge is 0.354 e. The molecule has 5 heteroatoms. The Morgan fingerprint density at radius 2 is 1.29 bits per heavy atom. The lowest BCUT2D eigenvalue weighted by atomic mass is 10.1. The molecule has 0 saturated carbocycles. The van der Waals surface area contributed by atoms with Gasteiger partial charge in [0.15, 0.2) is 0 Å². The van der Waals surface area contributed by atoms with Crippen LogP contribution < -0.4 is 16.4 Å². The third-order valence-corrected chi connectivity index (χ3v) is 5.19. The fourth-order valence-electron chi connectivity index (χ4n) is 3.34. The van der Waals surface area contributed by atoms with Crippen LogP contribution in [0.15, 0.2) is 0 Å². The van der Waals surface area contributed by atoms with Crippen LogP contribution >= 0.6 is 0 Å². The summed E-state index contributed by atoms with van der Waals surface area (Å²) in [6.07, 6.45) is 17.5. The maximum Gasteiger partial charge on any atom is 0.242 e. The summed E-state index contributed by atoms with van der Waals surface area (Å²) in [5, 5.41) is 5.89. The molecule has 0 heterocycles. The molecule has 0 aromatic heterocycles. The number of unbranched alkanes of at least 4 members (excludes halogenated alkanes) is 11. The minimum Gasteiger partial charge on any atom is -0.354 e. The van der Waals surface area contributed by atoms with Crippen molar-refractivity contribution >= 4 is 11.8 Å². The van der Waals surface area contributed by atoms with E-state index in [-0.39, 0.29) is 11.8 Å². The Hall–Kier alpha value is -1.10. The van der Waals surface area contributed by atoms with Crippen molar-refractivity contribution in [3.05, 3.63) is 0 Å². The molecule has 0 fully saturated rings. The van der Waals surface area contributed by atoms with Crippen LogP contribution in [0.4, 0.5) is 0 Å². The molecule has 0 aliphatic carbocycles. The van der Waals surface area contributed by atoms with Crippen molar-refractivity contribution in [3.8, 4) is 0 Å². The first-order chi connectivity index (χ1) is 13.7. The number of nitrogens with one attached hydrogen (secondary N) is 2. The van der Waals surface area contributed by atoms with Crippen LogP contribution in [0.5, 0.6) is 0 Å². The van der Waals surface area contributed by atoms with E-state index in [1.807, 2.05) is 0 Å². The van der Waals surface area contributed by atoms with E-state index in [1.165, 1.54) is 57.8 Å². The summed E-state index contributed by atoms with van der Waals surface area (Å²) in [7, 11) is 0. The molecule has 1 atom stereocenters. The summed E-state index contributed by atoms with van der Waals surface area (Å²) in [6, 6.07) is -0.444. The van der Waals surface area contributed by atoms with Gasteiger partial charge in [-0.2, -0.15) is 0 Å². The Kier molecular flexibility index (Phi) is 19.8. The minimum absolute atomic E-state index is 0.00824. The van der Waals surface area contributed by atoms with Gasteiger partial charge in [0.25, 0.3) is 0 Å². The highest BCUT2D eigenvalue weighted by Crippen LogP contribution is 2.10. The summed E-state index contributed by atoms with van der Waals surface area (Å²) in [4.78, 5) is 24.6. The number of hydrogen-bond acceptors (Lipinski definition) is 3. The number of nitrogens with two attached hydrogens (primary N) is 1. The van der Waals surface area contributed by atoms with Crippen molar-refractivity contribution in [1.29, 1.82) is 0 Å². The van der Waals surface area contributed by atoms with Crippen LogP contribution in [0, 0.1) is 0 Å². The van der Waals surface area contributed by atoms with E-state index in [4.69, 9.17) is 5.73 Å². The van der Waals surface area contributed by atoms with Crippen molar-refractivity contribution in [2.45, 2.75) is 123 Å². The van der Waals surface area contributed by atoms with Crippen LogP contribution in [0.25, 0.3) is 0 Å². The van der Waals surface area contributed by atoms with Crippen LogP contribution in [0.1, 0.15) is 117 Å². The second kappa shape index (κ2) is 20.6. The molecular weight excluding hydrogens is 350 g/mol. The molecular formula is C23H47N3O2. The van der Waals surface area contributed by atoms with Crippen molar-refractivity contribution < 1.29 is 9.59 Å². The van der Waals surface area contributed by atoms with E-state index in [9.17, 15) is 9.59 Å². The zero-order valence-corrected chi connectivity index (χ0v) is 18.7. The van der Waals surface area contributed by atoms with E-state index in [0.29, 0.717) is 25.9 Å². The average molecular weight is 398 g/mol. The summed E-state index contributed by atoms with van der Waals surface area (Å²) in [5.41, 5.74) is 5.58. The van der Waals surface area contributed by atoms with E-state index < -0.39 is 6.04 Å². The van der Waals surface area contributed by atoms with E-state index >= 15 is 0 Å². The topological polar surface area (TPSA) is 84.2 Å². The predicted molar refractivity (Wildman–Crippen MR) is 119 cm³/mol. The maximum absolute atomic E-state index is 12.4. The Morgan fingerprint density at radius 3 is 1.86 bits per heavy atom. The highest BCUT2D eigenvalue weighted by molar-refractivity contribution is 5.87. The molecule has 0 aliphatic rings. The number of amides is 2. The minimum atomic E-state index is -0.444. The van der Waals surface area contributed by atoms with Crippen LogP contribution in [0.3, 0.4) is 0 Å². The fourth-order valence-corrected chi connectivity index (χ4v) is 3.34. The summed E-state index contributed by atoms with van der Waals surface area (Å²) in [6.45, 7) is 5.63. The Labute approximate surface area is 174 Å². The highest BCUT2D eigenvalue weighted by atomic mass is 16.2. The van der Waals surface area contributed by atoms with Crippen LogP contribution in [0.2, 0.25) is 0 Å². The molecule has 28 heavy (non-hydrogen) atoms. The SMILES string of the molecule is CCCCCCCCCCCC(=O)NC(CCCN)C(=O)NCCCCCC. The van der Waals surface area contributed by atoms with Crippen molar-refractivity contribution in [3.63, 3.8) is 0 Å². The lowest BCUT2D eigenvalue weighted by Gasteiger charge is -2.18. The molecule has 2 amide bonds. The molecule has 0 aromatic rings. The van der Waals surface area contributed by atoms with Crippen LogP contribution in [-0.4, -0.2) is 30.9 Å². The molecule has 166 valence electrons. The van der Waals surface area contributed by atoms with E-state index in [0.717, 1.165) is 32.1 Å². The van der Waals surface area contributed by atoms with Crippen LogP contribution in [-0.2, 0) is 9.59 Å². The zero-order chi connectivity index (χ0) is 20.9. The molecule has 0 radical (unpaired) electrons. The second-order valence-corrected chi connectivity index (χ2v) is 7.98. The first kappa shape index (κ1) is 26.9. The fraction of sp³-hybridized carbons (Fsp3) is 0.913. The summed E-state index contributed by atoms with van der Waals surface area (Å²) < 4.78 is 0. The number of rotatable bonds is 20. The monoisotopic (exact) mass is 397 g/mol. The van der Waals surface area contributed by atoms with E-state index in [1.54, 1.807) is 0 Å². The Morgan fingerprint density at radius 1 is 0.750 bits per heavy atom. The Bertz CT molecular complexity index is 375. The number of carbonyl (C=O) groups excluding carboxylic acids is 2. The molecule has 0 rings (SSSR count). The van der Waals surface area contributed by atoms with Gasteiger partial charge in [-0.05, 0) is 32.2 Å². The van der Waals surface area contributed by atoms with Gasteiger partial charge in [-0.3, -0.25) is 9.59 Å². The second-order valence-electron chi connectivity index (χ2n) is 7.98. The molecule has 4 N–H and O–H groups in total. The van der Waals surface area contributed by atoms with E-state index in [2.05, 4.69) is 24.5 Å².